The number of nitrogens with one attached hydrogen (secondary N) is 6. The van der Waals surface area contributed by atoms with Crippen molar-refractivity contribution in [2.24, 2.45) is 5.92 Å². The van der Waals surface area contributed by atoms with Gasteiger partial charge in [-0.15, -0.1) is 0 Å². The molecular formula is C59H78N6O22. The molecular weight excluding hydrogens is 1140 g/mol. The van der Waals surface area contributed by atoms with Gasteiger partial charge in [0.2, 0.25) is 29.5 Å². The number of aliphatic hydroxyl groups excluding tert-OH is 1. The summed E-state index contributed by atoms with van der Waals surface area (Å²) in [6, 6.07) is 17.5. The molecule has 1 fully saturated rings. The quantitative estimate of drug-likeness (QED) is 0.0251. The van der Waals surface area contributed by atoms with Crippen molar-refractivity contribution in [3.8, 4) is 11.1 Å². The molecule has 87 heavy (non-hydrogen) atoms. The van der Waals surface area contributed by atoms with Gasteiger partial charge in [0.1, 0.15) is 18.7 Å². The smallest absolute Gasteiger partial charge is 0.407 e. The molecule has 0 saturated carbocycles. The topological polar surface area (TPSA) is 365 Å². The number of fused-ring (bicyclic) bond motifs is 3. The first kappa shape index (κ1) is 69.6. The van der Waals surface area contributed by atoms with Crippen LogP contribution in [-0.4, -0.2) is 194 Å². The van der Waals surface area contributed by atoms with Crippen LogP contribution in [0, 0.1) is 5.92 Å². The number of rotatable bonds is 35. The first-order valence-corrected chi connectivity index (χ1v) is 28.2. The van der Waals surface area contributed by atoms with Crippen LogP contribution in [0.5, 0.6) is 0 Å². The van der Waals surface area contributed by atoms with Crippen molar-refractivity contribution in [1.82, 2.24) is 21.3 Å². The molecule has 0 aromatic heterocycles. The van der Waals surface area contributed by atoms with E-state index in [9.17, 15) is 53.1 Å². The normalized spacial score (nSPS) is 17.5. The highest BCUT2D eigenvalue weighted by Gasteiger charge is 2.55. The Morgan fingerprint density at radius 2 is 1.18 bits per heavy atom. The number of amides is 6. The highest BCUT2D eigenvalue weighted by Crippen LogP contribution is 2.44. The van der Waals surface area contributed by atoms with Crippen LogP contribution in [0.4, 0.5) is 16.2 Å². The Labute approximate surface area is 502 Å². The van der Waals surface area contributed by atoms with E-state index in [1.807, 2.05) is 24.3 Å². The summed E-state index contributed by atoms with van der Waals surface area (Å²) >= 11 is 0. The van der Waals surface area contributed by atoms with Gasteiger partial charge in [-0.25, -0.2) is 9.59 Å². The first-order valence-electron chi connectivity index (χ1n) is 28.2. The fourth-order valence-corrected chi connectivity index (χ4v) is 9.16. The Morgan fingerprint density at radius 3 is 1.76 bits per heavy atom. The van der Waals surface area contributed by atoms with Crippen LogP contribution in [-0.2, 0) is 102 Å². The van der Waals surface area contributed by atoms with Gasteiger partial charge >= 0.3 is 30.0 Å². The minimum absolute atomic E-state index is 0.0000131. The van der Waals surface area contributed by atoms with Gasteiger partial charge < -0.3 is 89.1 Å². The number of hydrogen-bond donors (Lipinski definition) is 7. The number of esters is 4. The van der Waals surface area contributed by atoms with E-state index in [-0.39, 0.29) is 87.7 Å². The second-order valence-corrected chi connectivity index (χ2v) is 20.1. The molecule has 5 rings (SSSR count). The van der Waals surface area contributed by atoms with Crippen molar-refractivity contribution < 1.29 is 105 Å². The summed E-state index contributed by atoms with van der Waals surface area (Å²) in [5, 5.41) is 25.7. The molecule has 7 atom stereocenters. The minimum atomic E-state index is -1.86. The third-order valence-electron chi connectivity index (χ3n) is 13.1. The number of carbonyl (C=O) groups excluding carboxylic acids is 10. The maximum absolute atomic E-state index is 14.2. The molecule has 6 amide bonds. The van der Waals surface area contributed by atoms with Crippen molar-refractivity contribution in [3.63, 3.8) is 0 Å². The van der Waals surface area contributed by atoms with E-state index in [1.54, 1.807) is 13.8 Å². The van der Waals surface area contributed by atoms with Crippen LogP contribution in [0.3, 0.4) is 0 Å². The van der Waals surface area contributed by atoms with E-state index in [1.165, 1.54) is 25.1 Å². The summed E-state index contributed by atoms with van der Waals surface area (Å²) in [6.45, 7) is 8.62. The van der Waals surface area contributed by atoms with Crippen molar-refractivity contribution in [2.45, 2.75) is 110 Å². The Bertz CT molecular complexity index is 2790. The van der Waals surface area contributed by atoms with Gasteiger partial charge in [0.15, 0.2) is 30.7 Å². The lowest BCUT2D eigenvalue weighted by molar-refractivity contribution is -0.302. The van der Waals surface area contributed by atoms with Gasteiger partial charge in [-0.3, -0.25) is 38.4 Å². The number of carbonyl (C=O) groups is 10. The molecule has 0 bridgehead atoms. The zero-order valence-electron chi connectivity index (χ0n) is 49.7. The highest BCUT2D eigenvalue weighted by molar-refractivity contribution is 6.00. The minimum Gasteiger partial charge on any atom is -0.467 e. The number of methoxy groups -OCH3 is 1. The average molecular weight is 1220 g/mol. The molecule has 0 unspecified atom stereocenters. The Balaban J connectivity index is 1.01. The number of benzene rings is 3. The number of alkyl carbamates (subject to hydrolysis) is 1. The van der Waals surface area contributed by atoms with Gasteiger partial charge in [-0.05, 0) is 40.3 Å². The molecule has 1 saturated heterocycles. The van der Waals surface area contributed by atoms with Gasteiger partial charge in [-0.1, -0.05) is 68.4 Å². The lowest BCUT2D eigenvalue weighted by atomic mass is 9.97. The predicted molar refractivity (Wildman–Crippen MR) is 306 cm³/mol. The SMILES string of the molecule is COC(=O)[C@H]1O[C@@H](OC[C@H](NC(=O)[C@@H](NC(C)=O)C(C)C)C(=O)Nc2ccc(CO)c(NC(=O)CCNC(=O)CCOCCOCCOCCOCCNC(=O)OCC3c4ccccc4-c4ccccc43)c2)[C@H](OC(C)=O)[C@@H](OC(C)=O)[C@@H]1OC(C)=O. The van der Waals surface area contributed by atoms with Crippen LogP contribution < -0.4 is 31.9 Å². The molecule has 1 aliphatic carbocycles. The van der Waals surface area contributed by atoms with E-state index in [4.69, 9.17) is 52.1 Å². The molecule has 3 aromatic rings. The van der Waals surface area contributed by atoms with Gasteiger partial charge in [0, 0.05) is 76.5 Å². The largest absolute Gasteiger partial charge is 0.467 e. The third-order valence-corrected chi connectivity index (χ3v) is 13.1. The maximum atomic E-state index is 14.2. The number of anilines is 2. The maximum Gasteiger partial charge on any atom is 0.407 e. The Morgan fingerprint density at radius 1 is 0.609 bits per heavy atom. The van der Waals surface area contributed by atoms with Crippen molar-refractivity contribution in [2.75, 3.05) is 96.9 Å². The molecule has 476 valence electrons. The highest BCUT2D eigenvalue weighted by atomic mass is 16.7. The zero-order valence-corrected chi connectivity index (χ0v) is 49.7. The third kappa shape index (κ3) is 22.6. The van der Waals surface area contributed by atoms with Gasteiger partial charge in [0.25, 0.3) is 0 Å². The van der Waals surface area contributed by atoms with Crippen LogP contribution in [0.2, 0.25) is 0 Å². The summed E-state index contributed by atoms with van der Waals surface area (Å²) < 4.78 is 60.2. The van der Waals surface area contributed by atoms with Gasteiger partial charge in [0.05, 0.1) is 73.2 Å². The molecule has 7 N–H and O–H groups in total. The Hall–Kier alpha value is -8.12. The summed E-state index contributed by atoms with van der Waals surface area (Å²) in [7, 11) is 0.993. The van der Waals surface area contributed by atoms with E-state index >= 15 is 0 Å². The van der Waals surface area contributed by atoms with Crippen molar-refractivity contribution >= 4 is 70.9 Å². The molecule has 2 aliphatic rings. The molecule has 3 aromatic carbocycles. The van der Waals surface area contributed by atoms with E-state index < -0.39 is 116 Å². The Kier molecular flexibility index (Phi) is 28.9. The number of aliphatic hydroxyl groups is 1. The predicted octanol–water partition coefficient (Wildman–Crippen LogP) is 1.91. The van der Waals surface area contributed by atoms with Gasteiger partial charge in [-0.2, -0.15) is 0 Å². The first-order chi connectivity index (χ1) is 41.7. The molecule has 28 heteroatoms. The van der Waals surface area contributed by atoms with Crippen LogP contribution in [0.15, 0.2) is 66.7 Å². The summed E-state index contributed by atoms with van der Waals surface area (Å²) in [5.41, 5.74) is 4.94. The molecule has 1 heterocycles. The lowest BCUT2D eigenvalue weighted by Gasteiger charge is -2.43. The fourth-order valence-electron chi connectivity index (χ4n) is 9.16. The molecule has 1 aliphatic heterocycles. The average Bonchev–Trinajstić information content (AvgIpc) is 1.89. The second-order valence-electron chi connectivity index (χ2n) is 20.1. The fraction of sp³-hybridized carbons (Fsp3) is 0.525. The molecule has 0 spiro atoms. The molecule has 28 nitrogen and oxygen atoms in total. The summed E-state index contributed by atoms with van der Waals surface area (Å²) in [6.07, 6.45) is -9.61. The number of ether oxygens (including phenoxy) is 11. The standard InChI is InChI=1S/C59H78N6O22/c1-34(2)50(62-35(3)67)56(74)65-47(33-82-58-54(86-38(6)70)52(85-37(5)69)51(84-36(4)68)53(87-58)57(75)77-7)55(73)63-40-17-16-39(31-66)46(30-40)64-49(72)18-20-60-48(71)19-22-78-24-26-80-28-29-81-27-25-79-23-21-61-59(76)83-32-45-43-14-10-8-12-41(43)42-13-9-11-15-44(42)45/h8-17,30,34,45,47,50-54,58,66H,18-29,31-33H2,1-7H3,(H,60,71)(H,61,76)(H,62,67)(H,63,73)(H,64,72)(H,65,74)/t47-,50-,51-,52-,53-,54+,58+/m0/s1. The van der Waals surface area contributed by atoms with Crippen molar-refractivity contribution in [1.29, 1.82) is 0 Å². The summed E-state index contributed by atoms with van der Waals surface area (Å²) in [5.74, 6) is -7.81. The van der Waals surface area contributed by atoms with Crippen LogP contribution in [0.1, 0.15) is 77.0 Å². The summed E-state index contributed by atoms with van der Waals surface area (Å²) in [4.78, 5) is 128. The van der Waals surface area contributed by atoms with Crippen molar-refractivity contribution in [3.05, 3.63) is 83.4 Å². The van der Waals surface area contributed by atoms with E-state index in [0.717, 1.165) is 50.1 Å². The monoisotopic (exact) mass is 1220 g/mol. The van der Waals surface area contributed by atoms with E-state index in [2.05, 4.69) is 56.2 Å². The second kappa shape index (κ2) is 36.1. The number of hydrogen-bond acceptors (Lipinski definition) is 22. The zero-order chi connectivity index (χ0) is 63.4. The van der Waals surface area contributed by atoms with E-state index in [0.29, 0.717) is 26.4 Å². The lowest BCUT2D eigenvalue weighted by Crippen LogP contribution is -2.64. The van der Waals surface area contributed by atoms with Crippen LogP contribution in [0.25, 0.3) is 11.1 Å². The van der Waals surface area contributed by atoms with Crippen LogP contribution >= 0.6 is 0 Å². The molecule has 0 radical (unpaired) electrons.